The molecule has 0 N–H and O–H groups in total. The van der Waals surface area contributed by atoms with Crippen LogP contribution in [-0.2, 0) is 14.3 Å². The number of alkyl halides is 1. The molecular weight excluding hydrogens is 278 g/mol. The second-order valence-electron chi connectivity index (χ2n) is 4.64. The summed E-state index contributed by atoms with van der Waals surface area (Å²) in [5.74, 6) is -0.715. The molecule has 5 heteroatoms. The Hall–Kier alpha value is -1.55. The van der Waals surface area contributed by atoms with E-state index in [2.05, 4.69) is 0 Å². The first-order valence-electron chi connectivity index (χ1n) is 6.62. The zero-order chi connectivity index (χ0) is 15.1. The topological polar surface area (TPSA) is 46.6 Å². The van der Waals surface area contributed by atoms with Gasteiger partial charge in [0.25, 0.3) is 0 Å². The van der Waals surface area contributed by atoms with Crippen LogP contribution in [0.4, 0.5) is 0 Å². The van der Waals surface area contributed by atoms with Crippen molar-refractivity contribution < 1.29 is 14.3 Å². The van der Waals surface area contributed by atoms with Gasteiger partial charge in [0.05, 0.1) is 6.61 Å². The quantitative estimate of drug-likeness (QED) is 0.599. The summed E-state index contributed by atoms with van der Waals surface area (Å²) in [6.07, 6.45) is 0. The van der Waals surface area contributed by atoms with Crippen molar-refractivity contribution in [3.05, 3.63) is 35.9 Å². The normalized spacial score (nSPS) is 12.1. The van der Waals surface area contributed by atoms with Gasteiger partial charge in [-0.3, -0.25) is 9.59 Å². The minimum atomic E-state index is -0.798. The summed E-state index contributed by atoms with van der Waals surface area (Å²) in [7, 11) is 0. The van der Waals surface area contributed by atoms with Crippen LogP contribution in [0.2, 0.25) is 0 Å². The standard InChI is InChI=1S/C15H20ClNO3/c1-4-20-13(18)10-17(11(2)3)15(19)14(16)12-8-6-5-7-9-12/h5-9,11,14H,4,10H2,1-3H3. The molecule has 0 aromatic heterocycles. The highest BCUT2D eigenvalue weighted by Crippen LogP contribution is 2.23. The Balaban J connectivity index is 2.81. The Morgan fingerprint density at radius 2 is 1.85 bits per heavy atom. The number of hydrogen-bond donors (Lipinski definition) is 0. The molecule has 0 saturated carbocycles. The Morgan fingerprint density at radius 1 is 1.25 bits per heavy atom. The zero-order valence-electron chi connectivity index (χ0n) is 12.0. The molecule has 0 radical (unpaired) electrons. The molecule has 1 aromatic carbocycles. The Morgan fingerprint density at radius 3 is 2.35 bits per heavy atom. The maximum atomic E-state index is 12.4. The Bertz CT molecular complexity index is 448. The van der Waals surface area contributed by atoms with Gasteiger partial charge in [-0.25, -0.2) is 0 Å². The second-order valence-corrected chi connectivity index (χ2v) is 5.07. The van der Waals surface area contributed by atoms with Crippen molar-refractivity contribution in [1.82, 2.24) is 4.90 Å². The summed E-state index contributed by atoms with van der Waals surface area (Å²) in [6.45, 7) is 5.62. The van der Waals surface area contributed by atoms with Gasteiger partial charge in [-0.05, 0) is 26.3 Å². The van der Waals surface area contributed by atoms with Crippen LogP contribution in [0, 0.1) is 0 Å². The predicted molar refractivity (Wildman–Crippen MR) is 78.5 cm³/mol. The highest BCUT2D eigenvalue weighted by Gasteiger charge is 2.27. The number of carbonyl (C=O) groups excluding carboxylic acids is 2. The molecule has 0 aliphatic carbocycles. The van der Waals surface area contributed by atoms with Crippen molar-refractivity contribution in [3.63, 3.8) is 0 Å². The third-order valence-electron chi connectivity index (χ3n) is 2.82. The molecule has 0 aliphatic rings. The number of halogens is 1. The SMILES string of the molecule is CCOC(=O)CN(C(=O)C(Cl)c1ccccc1)C(C)C. The summed E-state index contributed by atoms with van der Waals surface area (Å²) in [4.78, 5) is 25.4. The molecule has 1 amide bonds. The van der Waals surface area contributed by atoms with E-state index in [1.807, 2.05) is 32.0 Å². The minimum absolute atomic E-state index is 0.0829. The van der Waals surface area contributed by atoms with Gasteiger partial charge in [0.1, 0.15) is 11.9 Å². The van der Waals surface area contributed by atoms with Crippen LogP contribution in [0.5, 0.6) is 0 Å². The van der Waals surface area contributed by atoms with E-state index in [-0.39, 0.29) is 18.5 Å². The molecule has 0 saturated heterocycles. The fourth-order valence-electron chi connectivity index (χ4n) is 1.77. The number of benzene rings is 1. The third kappa shape index (κ3) is 4.53. The molecule has 0 heterocycles. The van der Waals surface area contributed by atoms with Gasteiger partial charge in [0.2, 0.25) is 5.91 Å². The third-order valence-corrected chi connectivity index (χ3v) is 3.26. The summed E-state index contributed by atoms with van der Waals surface area (Å²) in [5, 5.41) is -0.798. The molecule has 0 spiro atoms. The van der Waals surface area contributed by atoms with Gasteiger partial charge in [0.15, 0.2) is 0 Å². The smallest absolute Gasteiger partial charge is 0.325 e. The first kappa shape index (κ1) is 16.5. The van der Waals surface area contributed by atoms with Crippen LogP contribution in [0.15, 0.2) is 30.3 Å². The predicted octanol–water partition coefficient (Wildman–Crippen LogP) is 2.77. The van der Waals surface area contributed by atoms with Crippen molar-refractivity contribution >= 4 is 23.5 Å². The lowest BCUT2D eigenvalue weighted by Gasteiger charge is -2.27. The van der Waals surface area contributed by atoms with Crippen molar-refractivity contribution in [2.45, 2.75) is 32.2 Å². The Labute approximate surface area is 124 Å². The number of rotatable bonds is 6. The fraction of sp³-hybridized carbons (Fsp3) is 0.467. The summed E-state index contributed by atoms with van der Waals surface area (Å²) >= 11 is 6.21. The minimum Gasteiger partial charge on any atom is -0.465 e. The lowest BCUT2D eigenvalue weighted by atomic mass is 10.1. The maximum Gasteiger partial charge on any atom is 0.325 e. The van der Waals surface area contributed by atoms with Gasteiger partial charge in [-0.15, -0.1) is 11.6 Å². The van der Waals surface area contributed by atoms with Crippen LogP contribution in [0.3, 0.4) is 0 Å². The highest BCUT2D eigenvalue weighted by molar-refractivity contribution is 6.30. The van der Waals surface area contributed by atoms with Crippen molar-refractivity contribution in [2.24, 2.45) is 0 Å². The van der Waals surface area contributed by atoms with E-state index in [1.54, 1.807) is 19.1 Å². The van der Waals surface area contributed by atoms with Crippen LogP contribution >= 0.6 is 11.6 Å². The molecule has 20 heavy (non-hydrogen) atoms. The number of nitrogens with zero attached hydrogens (tertiary/aromatic N) is 1. The summed E-state index contributed by atoms with van der Waals surface area (Å²) in [6, 6.07) is 8.95. The summed E-state index contributed by atoms with van der Waals surface area (Å²) in [5.41, 5.74) is 0.716. The van der Waals surface area contributed by atoms with E-state index in [0.29, 0.717) is 12.2 Å². The van der Waals surface area contributed by atoms with E-state index >= 15 is 0 Å². The number of carbonyl (C=O) groups is 2. The van der Waals surface area contributed by atoms with Crippen LogP contribution in [0.25, 0.3) is 0 Å². The van der Waals surface area contributed by atoms with Crippen LogP contribution in [-0.4, -0.2) is 36.0 Å². The highest BCUT2D eigenvalue weighted by atomic mass is 35.5. The molecule has 110 valence electrons. The molecule has 1 atom stereocenters. The molecule has 4 nitrogen and oxygen atoms in total. The summed E-state index contributed by atoms with van der Waals surface area (Å²) < 4.78 is 4.88. The van der Waals surface area contributed by atoms with E-state index < -0.39 is 11.3 Å². The van der Waals surface area contributed by atoms with E-state index in [0.717, 1.165) is 0 Å². The van der Waals surface area contributed by atoms with Crippen molar-refractivity contribution in [1.29, 1.82) is 0 Å². The molecule has 1 aromatic rings. The molecule has 1 unspecified atom stereocenters. The van der Waals surface area contributed by atoms with E-state index in [4.69, 9.17) is 16.3 Å². The zero-order valence-corrected chi connectivity index (χ0v) is 12.8. The fourth-order valence-corrected chi connectivity index (χ4v) is 2.04. The first-order chi connectivity index (χ1) is 9.47. The van der Waals surface area contributed by atoms with Crippen molar-refractivity contribution in [2.75, 3.05) is 13.2 Å². The molecular formula is C15H20ClNO3. The lowest BCUT2D eigenvalue weighted by Crippen LogP contribution is -2.42. The molecule has 0 bridgehead atoms. The molecule has 0 fully saturated rings. The number of hydrogen-bond acceptors (Lipinski definition) is 3. The largest absolute Gasteiger partial charge is 0.465 e. The average Bonchev–Trinajstić information content (AvgIpc) is 2.44. The van der Waals surface area contributed by atoms with Gasteiger partial charge in [-0.1, -0.05) is 30.3 Å². The van der Waals surface area contributed by atoms with Crippen LogP contribution in [0.1, 0.15) is 31.7 Å². The number of ether oxygens (including phenoxy) is 1. The van der Waals surface area contributed by atoms with Crippen LogP contribution < -0.4 is 0 Å². The number of esters is 1. The van der Waals surface area contributed by atoms with Gasteiger partial charge >= 0.3 is 5.97 Å². The Kier molecular flexibility index (Phi) is 6.52. The first-order valence-corrected chi connectivity index (χ1v) is 7.06. The monoisotopic (exact) mass is 297 g/mol. The van der Waals surface area contributed by atoms with E-state index in [9.17, 15) is 9.59 Å². The van der Waals surface area contributed by atoms with Gasteiger partial charge in [-0.2, -0.15) is 0 Å². The van der Waals surface area contributed by atoms with Gasteiger partial charge < -0.3 is 9.64 Å². The van der Waals surface area contributed by atoms with Gasteiger partial charge in [0, 0.05) is 6.04 Å². The average molecular weight is 298 g/mol. The lowest BCUT2D eigenvalue weighted by molar-refractivity contribution is -0.150. The van der Waals surface area contributed by atoms with E-state index in [1.165, 1.54) is 4.90 Å². The molecule has 1 rings (SSSR count). The number of amides is 1. The second kappa shape index (κ2) is 7.90. The maximum absolute atomic E-state index is 12.4. The molecule has 0 aliphatic heterocycles. The van der Waals surface area contributed by atoms with Crippen molar-refractivity contribution in [3.8, 4) is 0 Å².